The molecule has 0 saturated heterocycles. The van der Waals surface area contributed by atoms with E-state index in [0.717, 1.165) is 23.1 Å². The summed E-state index contributed by atoms with van der Waals surface area (Å²) in [4.78, 5) is 11.6. The molecular weight excluding hydrogens is 261 g/mol. The van der Waals surface area contributed by atoms with E-state index in [0.29, 0.717) is 12.8 Å². The molecule has 0 bridgehead atoms. The second kappa shape index (κ2) is 7.19. The molecule has 0 fully saturated rings. The first-order valence-corrected chi connectivity index (χ1v) is 4.96. The van der Waals surface area contributed by atoms with E-state index in [-0.39, 0.29) is 38.5 Å². The minimum absolute atomic E-state index is 0. The molecule has 0 amide bonds. The fourth-order valence-electron chi connectivity index (χ4n) is 1.40. The average molecular weight is 277 g/mol. The van der Waals surface area contributed by atoms with Crippen molar-refractivity contribution < 1.29 is 37.5 Å². The number of hydrogen-bond donors (Lipinski definition) is 0. The largest absolute Gasteiger partial charge is 0.350 e. The van der Waals surface area contributed by atoms with Gasteiger partial charge in [0.25, 0.3) is 0 Å². The molecule has 1 rings (SSSR count). The van der Waals surface area contributed by atoms with Crippen molar-refractivity contribution in [3.05, 3.63) is 48.7 Å². The zero-order valence-electron chi connectivity index (χ0n) is 9.25. The molecule has 0 N–H and O–H groups in total. The molecule has 0 aliphatic heterocycles. The van der Waals surface area contributed by atoms with Crippen LogP contribution in [0.3, 0.4) is 0 Å². The Balaban J connectivity index is 0.00000196. The Morgan fingerprint density at radius 2 is 2.07 bits per heavy atom. The summed E-state index contributed by atoms with van der Waals surface area (Å²) >= 11 is 0. The van der Waals surface area contributed by atoms with E-state index < -0.39 is 0 Å². The zero-order valence-corrected chi connectivity index (χ0v) is 12.1. The maximum atomic E-state index is 11.6. The summed E-state index contributed by atoms with van der Waals surface area (Å²) in [5, 5.41) is 0. The smallest absolute Gasteiger partial charge is 0.160 e. The summed E-state index contributed by atoms with van der Waals surface area (Å²) in [6.07, 6.45) is 2.20. The van der Waals surface area contributed by atoms with E-state index in [2.05, 4.69) is 13.8 Å². The average Bonchev–Trinajstić information content (AvgIpc) is 2.19. The molecule has 79 valence electrons. The predicted molar refractivity (Wildman–Crippen MR) is 59.2 cm³/mol. The molecule has 0 spiro atoms. The van der Waals surface area contributed by atoms with Gasteiger partial charge in [0.2, 0.25) is 0 Å². The van der Waals surface area contributed by atoms with Crippen LogP contribution >= 0.6 is 0 Å². The fourth-order valence-corrected chi connectivity index (χ4v) is 1.40. The van der Waals surface area contributed by atoms with Gasteiger partial charge in [0.05, 0.1) is 0 Å². The van der Waals surface area contributed by atoms with Crippen molar-refractivity contribution in [1.82, 2.24) is 0 Å². The van der Waals surface area contributed by atoms with Gasteiger partial charge in [0, 0.05) is 39.1 Å². The third-order valence-corrected chi connectivity index (χ3v) is 2.27. The number of hydrogen-bond acceptors (Lipinski definition) is 1. The van der Waals surface area contributed by atoms with Crippen molar-refractivity contribution in [2.75, 3.05) is 0 Å². The van der Waals surface area contributed by atoms with Gasteiger partial charge in [-0.25, -0.2) is 6.42 Å². The molecule has 0 heterocycles. The Bertz CT molecular complexity index is 331. The SMILES string of the molecule is [CH2-]Cc1cc(C(=O)CCC)ccc1[CH2-].[Y]. The van der Waals surface area contributed by atoms with E-state index in [1.165, 1.54) is 0 Å². The molecule has 0 saturated carbocycles. The fraction of sp³-hybridized carbons (Fsp3) is 0.308. The number of Topliss-reactive ketones (excluding diaryl/α,β-unsaturated/α-hetero) is 1. The molecule has 1 aromatic carbocycles. The summed E-state index contributed by atoms with van der Waals surface area (Å²) in [6.45, 7) is 9.71. The zero-order chi connectivity index (χ0) is 10.6. The molecule has 1 aromatic rings. The monoisotopic (exact) mass is 277 g/mol. The standard InChI is InChI=1S/C13H16O.Y/c1-4-6-13(14)12-8-7-10(3)11(5-2)9-12;/h7-9H,2-6H2,1H3;/q-2;. The molecule has 2 heteroatoms. The second-order valence-corrected chi connectivity index (χ2v) is 3.41. The predicted octanol–water partition coefficient (Wildman–Crippen LogP) is 3.23. The van der Waals surface area contributed by atoms with Gasteiger partial charge in [-0.2, -0.15) is 24.1 Å². The Labute approximate surface area is 118 Å². The van der Waals surface area contributed by atoms with Crippen LogP contribution in [0.1, 0.15) is 41.3 Å². The normalized spacial score (nSPS) is 9.47. The van der Waals surface area contributed by atoms with Crippen LogP contribution in [0.5, 0.6) is 0 Å². The molecule has 1 nitrogen and oxygen atoms in total. The number of benzene rings is 1. The van der Waals surface area contributed by atoms with Crippen molar-refractivity contribution in [2.24, 2.45) is 0 Å². The number of carbonyl (C=O) groups excluding carboxylic acids is 1. The van der Waals surface area contributed by atoms with Gasteiger partial charge < -0.3 is 6.92 Å². The molecule has 0 aromatic heterocycles. The van der Waals surface area contributed by atoms with Crippen LogP contribution in [-0.2, 0) is 39.1 Å². The van der Waals surface area contributed by atoms with Gasteiger partial charge in [-0.3, -0.25) is 4.79 Å². The van der Waals surface area contributed by atoms with Gasteiger partial charge in [-0.1, -0.05) is 6.92 Å². The van der Waals surface area contributed by atoms with E-state index in [9.17, 15) is 4.79 Å². The third-order valence-electron chi connectivity index (χ3n) is 2.27. The van der Waals surface area contributed by atoms with Crippen LogP contribution in [0, 0.1) is 13.8 Å². The number of ketones is 1. The van der Waals surface area contributed by atoms with Crippen molar-refractivity contribution in [3.63, 3.8) is 0 Å². The number of rotatable bonds is 4. The van der Waals surface area contributed by atoms with E-state index >= 15 is 0 Å². The van der Waals surface area contributed by atoms with Crippen molar-refractivity contribution in [3.8, 4) is 0 Å². The number of carbonyl (C=O) groups is 1. The summed E-state index contributed by atoms with van der Waals surface area (Å²) in [5.41, 5.74) is 2.82. The minimum atomic E-state index is 0. The Morgan fingerprint density at radius 3 is 2.60 bits per heavy atom. The summed E-state index contributed by atoms with van der Waals surface area (Å²) in [6, 6.07) is 5.65. The molecule has 0 unspecified atom stereocenters. The van der Waals surface area contributed by atoms with Gasteiger partial charge >= 0.3 is 0 Å². The molecule has 1 radical (unpaired) electrons. The third kappa shape index (κ3) is 4.08. The van der Waals surface area contributed by atoms with Crippen LogP contribution in [0.2, 0.25) is 0 Å². The van der Waals surface area contributed by atoms with E-state index in [1.54, 1.807) is 0 Å². The first kappa shape index (κ1) is 14.9. The minimum Gasteiger partial charge on any atom is -0.350 e. The van der Waals surface area contributed by atoms with Crippen LogP contribution < -0.4 is 0 Å². The summed E-state index contributed by atoms with van der Waals surface area (Å²) in [5.74, 6) is 0.210. The van der Waals surface area contributed by atoms with Crippen LogP contribution in [0.25, 0.3) is 0 Å². The maximum Gasteiger partial charge on any atom is 0.160 e. The van der Waals surface area contributed by atoms with Gasteiger partial charge in [0.15, 0.2) is 5.78 Å². The van der Waals surface area contributed by atoms with Crippen molar-refractivity contribution in [2.45, 2.75) is 26.2 Å². The maximum absolute atomic E-state index is 11.6. The second-order valence-electron chi connectivity index (χ2n) is 3.41. The molecule has 0 aliphatic carbocycles. The molecular formula is C13H16OY-2. The first-order chi connectivity index (χ1) is 6.69. The summed E-state index contributed by atoms with van der Waals surface area (Å²) < 4.78 is 0. The summed E-state index contributed by atoms with van der Waals surface area (Å²) in [7, 11) is 0. The first-order valence-electron chi connectivity index (χ1n) is 4.96. The Hall–Kier alpha value is -0.136. The van der Waals surface area contributed by atoms with Crippen LogP contribution in [0.15, 0.2) is 18.2 Å². The van der Waals surface area contributed by atoms with Crippen molar-refractivity contribution >= 4 is 5.78 Å². The van der Waals surface area contributed by atoms with E-state index in [1.807, 2.05) is 25.1 Å². The van der Waals surface area contributed by atoms with Crippen LogP contribution in [-0.4, -0.2) is 5.78 Å². The quantitative estimate of drug-likeness (QED) is 0.610. The molecule has 0 atom stereocenters. The Morgan fingerprint density at radius 1 is 1.40 bits per heavy atom. The van der Waals surface area contributed by atoms with Crippen molar-refractivity contribution in [1.29, 1.82) is 0 Å². The van der Waals surface area contributed by atoms with Gasteiger partial charge in [0.1, 0.15) is 0 Å². The molecule has 0 aliphatic rings. The topological polar surface area (TPSA) is 17.1 Å². The Kier molecular flexibility index (Phi) is 7.12. The van der Waals surface area contributed by atoms with Crippen LogP contribution in [0.4, 0.5) is 0 Å². The van der Waals surface area contributed by atoms with E-state index in [4.69, 9.17) is 0 Å². The van der Waals surface area contributed by atoms with Gasteiger partial charge in [-0.05, 0) is 12.0 Å². The molecule has 15 heavy (non-hydrogen) atoms. The van der Waals surface area contributed by atoms with Gasteiger partial charge in [-0.15, -0.1) is 12.1 Å².